The first-order valence-corrected chi connectivity index (χ1v) is 12.6. The summed E-state index contributed by atoms with van der Waals surface area (Å²) >= 11 is 1.45. The van der Waals surface area contributed by atoms with Crippen molar-refractivity contribution in [2.24, 2.45) is 0 Å². The number of nitrogens with one attached hydrogen (secondary N) is 1. The van der Waals surface area contributed by atoms with Crippen LogP contribution in [0.1, 0.15) is 42.0 Å². The van der Waals surface area contributed by atoms with Gasteiger partial charge in [-0.25, -0.2) is 17.5 Å². The maximum absolute atomic E-state index is 13.8. The Bertz CT molecular complexity index is 1200. The molecule has 1 aliphatic rings. The SMILES string of the molecule is CC(C)c1cc2c(cc1S(=O)(=O)NCCc1ccncc1)Sc1cc(F)ccc1CC2. The molecule has 4 rings (SSSR count). The van der Waals surface area contributed by atoms with Crippen LogP contribution in [0.4, 0.5) is 4.39 Å². The van der Waals surface area contributed by atoms with Gasteiger partial charge in [-0.1, -0.05) is 37.7 Å². The number of aromatic nitrogens is 1. The zero-order valence-electron chi connectivity index (χ0n) is 17.6. The van der Waals surface area contributed by atoms with Crippen LogP contribution in [-0.2, 0) is 29.3 Å². The number of pyridine rings is 1. The number of sulfonamides is 1. The van der Waals surface area contributed by atoms with Gasteiger partial charge in [0.25, 0.3) is 0 Å². The second-order valence-electron chi connectivity index (χ2n) is 8.01. The zero-order chi connectivity index (χ0) is 22.0. The summed E-state index contributed by atoms with van der Waals surface area (Å²) in [5.74, 6) is -0.218. The molecule has 1 N–H and O–H groups in total. The molecule has 0 atom stereocenters. The summed E-state index contributed by atoms with van der Waals surface area (Å²) < 4.78 is 43.0. The monoisotopic (exact) mass is 456 g/mol. The van der Waals surface area contributed by atoms with E-state index in [9.17, 15) is 12.8 Å². The van der Waals surface area contributed by atoms with E-state index >= 15 is 0 Å². The van der Waals surface area contributed by atoms with E-state index in [2.05, 4.69) is 9.71 Å². The van der Waals surface area contributed by atoms with Gasteiger partial charge in [-0.2, -0.15) is 0 Å². The van der Waals surface area contributed by atoms with Crippen LogP contribution in [0.25, 0.3) is 0 Å². The van der Waals surface area contributed by atoms with E-state index in [0.717, 1.165) is 44.9 Å². The van der Waals surface area contributed by atoms with Crippen molar-refractivity contribution in [1.29, 1.82) is 0 Å². The van der Waals surface area contributed by atoms with Crippen molar-refractivity contribution >= 4 is 21.8 Å². The largest absolute Gasteiger partial charge is 0.265 e. The van der Waals surface area contributed by atoms with Gasteiger partial charge in [0.1, 0.15) is 5.82 Å². The third kappa shape index (κ3) is 5.00. The lowest BCUT2D eigenvalue weighted by Crippen LogP contribution is -2.27. The molecule has 0 saturated heterocycles. The Morgan fingerprint density at radius 1 is 1.03 bits per heavy atom. The van der Waals surface area contributed by atoms with E-state index in [0.29, 0.717) is 17.9 Å². The first-order valence-electron chi connectivity index (χ1n) is 10.3. The number of halogens is 1. The topological polar surface area (TPSA) is 59.1 Å². The molecule has 1 aliphatic heterocycles. The Kier molecular flexibility index (Phi) is 6.46. The number of rotatable bonds is 6. The van der Waals surface area contributed by atoms with Crippen molar-refractivity contribution in [3.63, 3.8) is 0 Å². The lowest BCUT2D eigenvalue weighted by atomic mass is 9.97. The number of aryl methyl sites for hydroxylation is 2. The van der Waals surface area contributed by atoms with Crippen LogP contribution >= 0.6 is 11.8 Å². The summed E-state index contributed by atoms with van der Waals surface area (Å²) in [6.45, 7) is 4.32. The highest BCUT2D eigenvalue weighted by Gasteiger charge is 2.24. The molecular formula is C24H25FN2O2S2. The van der Waals surface area contributed by atoms with E-state index in [4.69, 9.17) is 0 Å². The Hall–Kier alpha value is -2.22. The number of benzene rings is 2. The van der Waals surface area contributed by atoms with Crippen LogP contribution in [-0.4, -0.2) is 19.9 Å². The Balaban J connectivity index is 1.65. The fourth-order valence-corrected chi connectivity index (χ4v) is 6.43. The predicted octanol–water partition coefficient (Wildman–Crippen LogP) is 5.11. The number of fused-ring (bicyclic) bond motifs is 2. The first-order chi connectivity index (χ1) is 14.8. The molecule has 0 aliphatic carbocycles. The Labute approximate surface area is 187 Å². The molecule has 0 saturated carbocycles. The van der Waals surface area contributed by atoms with Crippen molar-refractivity contribution in [3.8, 4) is 0 Å². The molecular weight excluding hydrogens is 431 g/mol. The number of hydrogen-bond acceptors (Lipinski definition) is 4. The molecule has 0 amide bonds. The van der Waals surface area contributed by atoms with Crippen LogP contribution in [0, 0.1) is 5.82 Å². The predicted molar refractivity (Wildman–Crippen MR) is 122 cm³/mol. The lowest BCUT2D eigenvalue weighted by Gasteiger charge is -2.18. The molecule has 7 heteroatoms. The third-order valence-corrected chi connectivity index (χ3v) is 8.19. The van der Waals surface area contributed by atoms with Gasteiger partial charge in [-0.15, -0.1) is 0 Å². The Morgan fingerprint density at radius 3 is 2.48 bits per heavy atom. The molecule has 1 aromatic heterocycles. The minimum Gasteiger partial charge on any atom is -0.265 e. The maximum Gasteiger partial charge on any atom is 0.240 e. The molecule has 0 radical (unpaired) electrons. The fraction of sp³-hybridized carbons (Fsp3) is 0.292. The zero-order valence-corrected chi connectivity index (χ0v) is 19.2. The lowest BCUT2D eigenvalue weighted by molar-refractivity contribution is 0.579. The highest BCUT2D eigenvalue weighted by Crippen LogP contribution is 2.40. The van der Waals surface area contributed by atoms with Crippen molar-refractivity contribution in [1.82, 2.24) is 9.71 Å². The number of hydrogen-bond donors (Lipinski definition) is 1. The highest BCUT2D eigenvalue weighted by atomic mass is 32.2. The molecule has 0 bridgehead atoms. The van der Waals surface area contributed by atoms with Crippen LogP contribution in [0.5, 0.6) is 0 Å². The highest BCUT2D eigenvalue weighted by molar-refractivity contribution is 7.99. The smallest absolute Gasteiger partial charge is 0.240 e. The quantitative estimate of drug-likeness (QED) is 0.560. The van der Waals surface area contributed by atoms with Gasteiger partial charge in [-0.3, -0.25) is 4.98 Å². The standard InChI is InChI=1S/C24H25FN2O2S2/c1-16(2)21-13-19-4-3-18-5-6-20(25)14-22(18)30-23(19)15-24(21)31(28,29)27-12-9-17-7-10-26-11-8-17/h5-8,10-11,13-16,27H,3-4,9,12H2,1-2H3. The van der Waals surface area contributed by atoms with E-state index in [1.165, 1.54) is 23.9 Å². The molecule has 2 aromatic carbocycles. The molecule has 31 heavy (non-hydrogen) atoms. The molecule has 0 spiro atoms. The van der Waals surface area contributed by atoms with Gasteiger partial charge in [0.05, 0.1) is 4.90 Å². The third-order valence-electron chi connectivity index (χ3n) is 5.47. The molecule has 162 valence electrons. The molecule has 0 unspecified atom stereocenters. The van der Waals surface area contributed by atoms with Crippen LogP contribution in [0.3, 0.4) is 0 Å². The van der Waals surface area contributed by atoms with E-state index in [1.54, 1.807) is 18.5 Å². The summed E-state index contributed by atoms with van der Waals surface area (Å²) in [5, 5.41) is 0. The number of nitrogens with zero attached hydrogens (tertiary/aromatic N) is 1. The minimum atomic E-state index is -3.69. The van der Waals surface area contributed by atoms with Gasteiger partial charge in [0.2, 0.25) is 10.0 Å². The maximum atomic E-state index is 13.8. The second-order valence-corrected chi connectivity index (χ2v) is 10.8. The average Bonchev–Trinajstić information content (AvgIpc) is 2.91. The van der Waals surface area contributed by atoms with Crippen molar-refractivity contribution in [2.45, 2.75) is 53.7 Å². The van der Waals surface area contributed by atoms with E-state index in [1.807, 2.05) is 38.1 Å². The van der Waals surface area contributed by atoms with Gasteiger partial charge in [-0.05, 0) is 77.8 Å². The van der Waals surface area contributed by atoms with Crippen LogP contribution < -0.4 is 4.72 Å². The average molecular weight is 457 g/mol. The van der Waals surface area contributed by atoms with Crippen molar-refractivity contribution in [2.75, 3.05) is 6.54 Å². The van der Waals surface area contributed by atoms with E-state index < -0.39 is 10.0 Å². The summed E-state index contributed by atoms with van der Waals surface area (Å²) in [6, 6.07) is 12.4. The second kappa shape index (κ2) is 9.10. The van der Waals surface area contributed by atoms with Gasteiger partial charge in [0, 0.05) is 28.7 Å². The molecule has 2 heterocycles. The van der Waals surface area contributed by atoms with Crippen LogP contribution in [0.15, 0.2) is 69.5 Å². The van der Waals surface area contributed by atoms with E-state index in [-0.39, 0.29) is 11.7 Å². The molecule has 3 aromatic rings. The van der Waals surface area contributed by atoms with Gasteiger partial charge < -0.3 is 0 Å². The summed E-state index contributed by atoms with van der Waals surface area (Å²) in [7, 11) is -3.69. The first kappa shape index (κ1) is 22.0. The molecule has 4 nitrogen and oxygen atoms in total. The van der Waals surface area contributed by atoms with Gasteiger partial charge >= 0.3 is 0 Å². The molecule has 0 fully saturated rings. The summed E-state index contributed by atoms with van der Waals surface area (Å²) in [5.41, 5.74) is 4.04. The normalized spacial score (nSPS) is 13.5. The Morgan fingerprint density at radius 2 is 1.74 bits per heavy atom. The van der Waals surface area contributed by atoms with Gasteiger partial charge in [0.15, 0.2) is 0 Å². The van der Waals surface area contributed by atoms with Crippen molar-refractivity contribution < 1.29 is 12.8 Å². The minimum absolute atomic E-state index is 0.0603. The fourth-order valence-electron chi connectivity index (χ4n) is 3.77. The van der Waals surface area contributed by atoms with Crippen molar-refractivity contribution in [3.05, 3.63) is 82.9 Å². The van der Waals surface area contributed by atoms with Crippen LogP contribution in [0.2, 0.25) is 0 Å². The summed E-state index contributed by atoms with van der Waals surface area (Å²) in [4.78, 5) is 6.02. The summed E-state index contributed by atoms with van der Waals surface area (Å²) in [6.07, 6.45) is 5.60.